The average Bonchev–Trinajstić information content (AvgIpc) is 3.26. The fourth-order valence-electron chi connectivity index (χ4n) is 6.40. The average molecular weight is 525 g/mol. The van der Waals surface area contributed by atoms with Crippen LogP contribution in [-0.4, -0.2) is 76.1 Å². The molecular formula is C30H32N6O3. The Morgan fingerprint density at radius 2 is 1.77 bits per heavy atom. The number of aromatic nitrogens is 2. The van der Waals surface area contributed by atoms with Crippen molar-refractivity contribution in [1.82, 2.24) is 24.9 Å². The molecule has 7 rings (SSSR count). The van der Waals surface area contributed by atoms with Gasteiger partial charge in [0.1, 0.15) is 11.9 Å². The van der Waals surface area contributed by atoms with Crippen molar-refractivity contribution in [3.8, 4) is 5.69 Å². The number of carbonyl (C=O) groups is 3. The first-order valence-corrected chi connectivity index (χ1v) is 13.8. The predicted molar refractivity (Wildman–Crippen MR) is 146 cm³/mol. The van der Waals surface area contributed by atoms with E-state index < -0.39 is 6.04 Å². The molecule has 1 aliphatic carbocycles. The van der Waals surface area contributed by atoms with Crippen molar-refractivity contribution in [3.05, 3.63) is 77.0 Å². The molecule has 200 valence electrons. The number of fused-ring (bicyclic) bond motifs is 1. The summed E-state index contributed by atoms with van der Waals surface area (Å²) >= 11 is 0. The summed E-state index contributed by atoms with van der Waals surface area (Å²) in [4.78, 5) is 45.5. The van der Waals surface area contributed by atoms with Crippen LogP contribution in [0, 0.1) is 12.3 Å². The Bertz CT molecular complexity index is 1470. The summed E-state index contributed by atoms with van der Waals surface area (Å²) in [5.74, 6) is 0.874. The van der Waals surface area contributed by atoms with Crippen molar-refractivity contribution >= 4 is 23.5 Å². The maximum absolute atomic E-state index is 13.9. The van der Waals surface area contributed by atoms with Crippen LogP contribution < -0.4 is 10.2 Å². The van der Waals surface area contributed by atoms with E-state index in [0.29, 0.717) is 50.4 Å². The fourth-order valence-corrected chi connectivity index (χ4v) is 6.40. The van der Waals surface area contributed by atoms with E-state index in [2.05, 4.69) is 16.3 Å². The summed E-state index contributed by atoms with van der Waals surface area (Å²) in [6, 6.07) is 17.0. The van der Waals surface area contributed by atoms with Gasteiger partial charge in [-0.1, -0.05) is 18.2 Å². The third-order valence-corrected chi connectivity index (χ3v) is 8.78. The van der Waals surface area contributed by atoms with Gasteiger partial charge in [-0.3, -0.25) is 14.4 Å². The van der Waals surface area contributed by atoms with Crippen LogP contribution in [0.4, 0.5) is 5.82 Å². The number of para-hydroxylation sites is 1. The molecule has 1 saturated carbocycles. The zero-order valence-electron chi connectivity index (χ0n) is 22.1. The molecule has 9 heteroatoms. The van der Waals surface area contributed by atoms with E-state index in [0.717, 1.165) is 42.0 Å². The number of nitrogens with one attached hydrogen (secondary N) is 1. The van der Waals surface area contributed by atoms with Gasteiger partial charge in [-0.05, 0) is 67.5 Å². The Kier molecular flexibility index (Phi) is 5.50. The van der Waals surface area contributed by atoms with Crippen LogP contribution >= 0.6 is 0 Å². The van der Waals surface area contributed by atoms with Gasteiger partial charge >= 0.3 is 0 Å². The van der Waals surface area contributed by atoms with Crippen LogP contribution in [0.5, 0.6) is 0 Å². The highest BCUT2D eigenvalue weighted by atomic mass is 16.2. The summed E-state index contributed by atoms with van der Waals surface area (Å²) < 4.78 is 1.97. The van der Waals surface area contributed by atoms with Crippen LogP contribution in [-0.2, 0) is 11.3 Å². The number of likely N-dealkylation sites (tertiary alicyclic amines) is 1. The maximum Gasteiger partial charge on any atom is 0.254 e. The molecule has 9 nitrogen and oxygen atoms in total. The molecule has 2 aromatic carbocycles. The molecule has 1 N–H and O–H groups in total. The van der Waals surface area contributed by atoms with Crippen LogP contribution in [0.3, 0.4) is 0 Å². The van der Waals surface area contributed by atoms with Gasteiger partial charge in [-0.2, -0.15) is 5.10 Å². The first kappa shape index (κ1) is 23.9. The van der Waals surface area contributed by atoms with Gasteiger partial charge in [0, 0.05) is 56.5 Å². The first-order valence-electron chi connectivity index (χ1n) is 13.8. The molecule has 0 unspecified atom stereocenters. The molecule has 3 amide bonds. The molecule has 4 heterocycles. The molecule has 0 radical (unpaired) electrons. The SMILES string of the molecule is Cc1cc(N2CCN(C(=O)[C@@H]3CC4(CC4)CN3C(=O)c3ccc4c(c3)CNC4=O)CC2)n(-c2ccccc2)n1. The Hall–Kier alpha value is -4.14. The Morgan fingerprint density at radius 1 is 1.00 bits per heavy atom. The normalized spacial score (nSPS) is 21.3. The van der Waals surface area contributed by atoms with Gasteiger partial charge in [0.05, 0.1) is 11.4 Å². The van der Waals surface area contributed by atoms with E-state index in [1.807, 2.05) is 57.8 Å². The van der Waals surface area contributed by atoms with Crippen LogP contribution in [0.25, 0.3) is 5.69 Å². The lowest BCUT2D eigenvalue weighted by molar-refractivity contribution is -0.135. The van der Waals surface area contributed by atoms with Gasteiger partial charge in [0.25, 0.3) is 11.8 Å². The minimum Gasteiger partial charge on any atom is -0.353 e. The highest BCUT2D eigenvalue weighted by Gasteiger charge is 2.56. The van der Waals surface area contributed by atoms with Crippen molar-refractivity contribution in [3.63, 3.8) is 0 Å². The zero-order valence-corrected chi connectivity index (χ0v) is 22.1. The highest BCUT2D eigenvalue weighted by molar-refractivity contribution is 6.02. The molecule has 3 aliphatic heterocycles. The largest absolute Gasteiger partial charge is 0.353 e. The molecule has 1 atom stereocenters. The third-order valence-electron chi connectivity index (χ3n) is 8.78. The van der Waals surface area contributed by atoms with Gasteiger partial charge in [0.15, 0.2) is 0 Å². The standard InChI is InChI=1S/C30H32N6O3/c1-20-15-26(36(32-20)23-5-3-2-4-6-23)33-11-13-34(14-12-33)29(39)25-17-30(9-10-30)19-35(25)28(38)21-7-8-24-22(16-21)18-31-27(24)37/h2-8,15-16,25H,9-14,17-19H2,1H3,(H,31,37)/t25-/m0/s1. The third kappa shape index (κ3) is 4.16. The van der Waals surface area contributed by atoms with Gasteiger partial charge in [-0.15, -0.1) is 0 Å². The maximum atomic E-state index is 13.9. The van der Waals surface area contributed by atoms with E-state index in [9.17, 15) is 14.4 Å². The number of carbonyl (C=O) groups excluding carboxylic acids is 3. The lowest BCUT2D eigenvalue weighted by Gasteiger charge is -2.38. The summed E-state index contributed by atoms with van der Waals surface area (Å²) in [7, 11) is 0. The van der Waals surface area contributed by atoms with Crippen molar-refractivity contribution in [2.24, 2.45) is 5.41 Å². The lowest BCUT2D eigenvalue weighted by Crippen LogP contribution is -2.54. The second kappa shape index (κ2) is 8.97. The Balaban J connectivity index is 1.07. The zero-order chi connectivity index (χ0) is 26.7. The second-order valence-corrected chi connectivity index (χ2v) is 11.4. The number of amides is 3. The number of piperazine rings is 1. The van der Waals surface area contributed by atoms with Crippen LogP contribution in [0.2, 0.25) is 0 Å². The number of aryl methyl sites for hydroxylation is 1. The van der Waals surface area contributed by atoms with Gasteiger partial charge < -0.3 is 20.0 Å². The monoisotopic (exact) mass is 524 g/mol. The molecule has 1 aromatic heterocycles. The highest BCUT2D eigenvalue weighted by Crippen LogP contribution is 2.55. The number of hydrogen-bond acceptors (Lipinski definition) is 5. The van der Waals surface area contributed by atoms with E-state index in [1.54, 1.807) is 12.1 Å². The number of benzene rings is 2. The van der Waals surface area contributed by atoms with Crippen LogP contribution in [0.15, 0.2) is 54.6 Å². The summed E-state index contributed by atoms with van der Waals surface area (Å²) in [5, 5.41) is 7.52. The summed E-state index contributed by atoms with van der Waals surface area (Å²) in [6.07, 6.45) is 2.88. The van der Waals surface area contributed by atoms with E-state index >= 15 is 0 Å². The van der Waals surface area contributed by atoms with E-state index in [4.69, 9.17) is 5.10 Å². The van der Waals surface area contributed by atoms with Crippen LogP contribution in [0.1, 0.15) is 51.2 Å². The Labute approximate surface area is 227 Å². The van der Waals surface area contributed by atoms with Gasteiger partial charge in [0.2, 0.25) is 5.91 Å². The number of rotatable bonds is 4. The van der Waals surface area contributed by atoms with Crippen molar-refractivity contribution in [1.29, 1.82) is 0 Å². The molecule has 39 heavy (non-hydrogen) atoms. The molecular weight excluding hydrogens is 492 g/mol. The first-order chi connectivity index (χ1) is 18.9. The topological polar surface area (TPSA) is 90.8 Å². The number of hydrogen-bond donors (Lipinski definition) is 1. The molecule has 3 aromatic rings. The van der Waals surface area contributed by atoms with Gasteiger partial charge in [-0.25, -0.2) is 4.68 Å². The van der Waals surface area contributed by atoms with Crippen molar-refractivity contribution in [2.45, 2.75) is 38.8 Å². The Morgan fingerprint density at radius 3 is 2.51 bits per heavy atom. The quantitative estimate of drug-likeness (QED) is 0.567. The molecule has 0 bridgehead atoms. The van der Waals surface area contributed by atoms with E-state index in [-0.39, 0.29) is 23.1 Å². The van der Waals surface area contributed by atoms with Crippen molar-refractivity contribution < 1.29 is 14.4 Å². The predicted octanol–water partition coefficient (Wildman–Crippen LogP) is 2.77. The second-order valence-electron chi connectivity index (χ2n) is 11.4. The smallest absolute Gasteiger partial charge is 0.254 e. The summed E-state index contributed by atoms with van der Waals surface area (Å²) in [6.45, 7) is 5.70. The van der Waals surface area contributed by atoms with Crippen molar-refractivity contribution in [2.75, 3.05) is 37.6 Å². The minimum atomic E-state index is -0.434. The fraction of sp³-hybridized carbons (Fsp3) is 0.400. The molecule has 3 fully saturated rings. The van der Waals surface area contributed by atoms with E-state index in [1.165, 1.54) is 0 Å². The molecule has 2 saturated heterocycles. The summed E-state index contributed by atoms with van der Waals surface area (Å²) in [5.41, 5.74) is 4.08. The molecule has 4 aliphatic rings. The number of anilines is 1. The lowest BCUT2D eigenvalue weighted by atomic mass is 10.0. The minimum absolute atomic E-state index is 0.0533. The molecule has 1 spiro atoms. The number of nitrogens with zero attached hydrogens (tertiary/aromatic N) is 5.